The summed E-state index contributed by atoms with van der Waals surface area (Å²) in [7, 11) is 0. The van der Waals surface area contributed by atoms with E-state index in [9.17, 15) is 0 Å². The van der Waals surface area contributed by atoms with Gasteiger partial charge in [0.05, 0.1) is 0 Å². The van der Waals surface area contributed by atoms with Crippen LogP contribution in [0, 0.1) is 13.8 Å². The van der Waals surface area contributed by atoms with Crippen LogP contribution in [0.5, 0.6) is 11.6 Å². The molecule has 2 aromatic heterocycles. The summed E-state index contributed by atoms with van der Waals surface area (Å²) in [6.45, 7) is 3.82. The molecular weight excluding hydrogens is 274 g/mol. The Kier molecular flexibility index (Phi) is 3.24. The second-order valence-corrected chi connectivity index (χ2v) is 4.85. The van der Waals surface area contributed by atoms with Crippen LogP contribution in [0.25, 0.3) is 10.9 Å². The van der Waals surface area contributed by atoms with Crippen LogP contribution in [0.2, 0.25) is 5.28 Å². The van der Waals surface area contributed by atoms with E-state index in [-0.39, 0.29) is 5.28 Å². The van der Waals surface area contributed by atoms with Crippen molar-refractivity contribution in [3.05, 3.63) is 53.1 Å². The predicted molar refractivity (Wildman–Crippen MR) is 78.3 cm³/mol. The van der Waals surface area contributed by atoms with Gasteiger partial charge in [0.15, 0.2) is 5.75 Å². The Hall–Kier alpha value is -2.20. The molecule has 3 aromatic rings. The number of ether oxygens (including phenoxy) is 1. The van der Waals surface area contributed by atoms with Crippen molar-refractivity contribution < 1.29 is 4.74 Å². The van der Waals surface area contributed by atoms with Gasteiger partial charge in [-0.25, -0.2) is 9.97 Å². The Bertz CT molecular complexity index is 789. The van der Waals surface area contributed by atoms with E-state index < -0.39 is 0 Å². The highest BCUT2D eigenvalue weighted by molar-refractivity contribution is 6.28. The molecule has 0 aliphatic rings. The molecule has 1 aromatic carbocycles. The van der Waals surface area contributed by atoms with E-state index in [1.165, 1.54) is 0 Å². The highest BCUT2D eigenvalue weighted by Crippen LogP contribution is 2.29. The van der Waals surface area contributed by atoms with Gasteiger partial charge in [-0.1, -0.05) is 18.2 Å². The van der Waals surface area contributed by atoms with Crippen LogP contribution in [0.4, 0.5) is 0 Å². The van der Waals surface area contributed by atoms with Gasteiger partial charge < -0.3 is 4.74 Å². The minimum atomic E-state index is 0.162. The predicted octanol–water partition coefficient (Wildman–Crippen LogP) is 4.09. The summed E-state index contributed by atoms with van der Waals surface area (Å²) in [6, 6.07) is 9.77. The molecule has 0 spiro atoms. The lowest BCUT2D eigenvalue weighted by Gasteiger charge is -2.09. The number of pyridine rings is 1. The fraction of sp³-hybridized carbons (Fsp3) is 0.133. The van der Waals surface area contributed by atoms with Gasteiger partial charge in [-0.2, -0.15) is 4.98 Å². The van der Waals surface area contributed by atoms with Crippen molar-refractivity contribution in [2.75, 3.05) is 0 Å². The molecule has 0 N–H and O–H groups in total. The monoisotopic (exact) mass is 285 g/mol. The van der Waals surface area contributed by atoms with Gasteiger partial charge in [0.25, 0.3) is 0 Å². The van der Waals surface area contributed by atoms with Crippen LogP contribution < -0.4 is 4.74 Å². The van der Waals surface area contributed by atoms with E-state index >= 15 is 0 Å². The van der Waals surface area contributed by atoms with Crippen LogP contribution in [-0.2, 0) is 0 Å². The van der Waals surface area contributed by atoms with Crippen LogP contribution in [-0.4, -0.2) is 15.0 Å². The van der Waals surface area contributed by atoms with E-state index in [0.29, 0.717) is 11.6 Å². The number of benzene rings is 1. The third-order valence-corrected chi connectivity index (χ3v) is 3.11. The lowest BCUT2D eigenvalue weighted by atomic mass is 10.2. The molecule has 4 nitrogen and oxygen atoms in total. The maximum Gasteiger partial charge on any atom is 0.226 e. The average Bonchev–Trinajstić information content (AvgIpc) is 2.43. The summed E-state index contributed by atoms with van der Waals surface area (Å²) in [5.41, 5.74) is 2.56. The molecule has 0 fully saturated rings. The van der Waals surface area contributed by atoms with Crippen LogP contribution in [0.1, 0.15) is 11.3 Å². The average molecular weight is 286 g/mol. The topological polar surface area (TPSA) is 47.9 Å². The molecule has 0 saturated heterocycles. The van der Waals surface area contributed by atoms with E-state index in [4.69, 9.17) is 16.3 Å². The second kappa shape index (κ2) is 5.06. The summed E-state index contributed by atoms with van der Waals surface area (Å²) >= 11 is 5.81. The summed E-state index contributed by atoms with van der Waals surface area (Å²) < 4.78 is 5.86. The standard InChI is InChI=1S/C15H12ClN3O/c1-9-8-17-15(16)19-14(9)20-12-5-3-4-11-7-6-10(2)18-13(11)12/h3-8H,1-2H3. The first kappa shape index (κ1) is 12.8. The van der Waals surface area contributed by atoms with Gasteiger partial charge in [-0.3, -0.25) is 0 Å². The molecule has 3 rings (SSSR count). The minimum absolute atomic E-state index is 0.162. The van der Waals surface area contributed by atoms with Crippen LogP contribution in [0.15, 0.2) is 36.5 Å². The smallest absolute Gasteiger partial charge is 0.226 e. The zero-order valence-electron chi connectivity index (χ0n) is 11.1. The van der Waals surface area contributed by atoms with Gasteiger partial charge in [0.2, 0.25) is 11.2 Å². The number of aromatic nitrogens is 3. The maximum absolute atomic E-state index is 5.86. The number of hydrogen-bond acceptors (Lipinski definition) is 4. The SMILES string of the molecule is Cc1ccc2cccc(Oc3nc(Cl)ncc3C)c2n1. The summed E-state index contributed by atoms with van der Waals surface area (Å²) in [5, 5.41) is 1.18. The number of rotatable bonds is 2. The number of fused-ring (bicyclic) bond motifs is 1. The lowest BCUT2D eigenvalue weighted by molar-refractivity contribution is 0.461. The fourth-order valence-corrected chi connectivity index (χ4v) is 2.04. The number of aryl methyl sites for hydroxylation is 2. The molecule has 0 bridgehead atoms. The highest BCUT2D eigenvalue weighted by atomic mass is 35.5. The Labute approximate surface area is 121 Å². The Morgan fingerprint density at radius 3 is 2.75 bits per heavy atom. The second-order valence-electron chi connectivity index (χ2n) is 4.51. The van der Waals surface area contributed by atoms with Gasteiger partial charge in [0.1, 0.15) is 5.52 Å². The lowest BCUT2D eigenvalue weighted by Crippen LogP contribution is -1.95. The highest BCUT2D eigenvalue weighted by Gasteiger charge is 2.09. The molecule has 0 amide bonds. The number of nitrogens with zero attached hydrogens (tertiary/aromatic N) is 3. The van der Waals surface area contributed by atoms with Gasteiger partial charge in [-0.15, -0.1) is 0 Å². The first-order valence-electron chi connectivity index (χ1n) is 6.17. The van der Waals surface area contributed by atoms with Crippen molar-refractivity contribution >= 4 is 22.5 Å². The molecule has 0 atom stereocenters. The van der Waals surface area contributed by atoms with E-state index in [1.807, 2.05) is 44.2 Å². The molecule has 0 aliphatic carbocycles. The molecule has 20 heavy (non-hydrogen) atoms. The largest absolute Gasteiger partial charge is 0.436 e. The summed E-state index contributed by atoms with van der Waals surface area (Å²) in [4.78, 5) is 12.5. The van der Waals surface area contributed by atoms with Crippen molar-refractivity contribution in [3.8, 4) is 11.6 Å². The van der Waals surface area contributed by atoms with Crippen molar-refractivity contribution in [2.24, 2.45) is 0 Å². The van der Waals surface area contributed by atoms with E-state index in [2.05, 4.69) is 15.0 Å². The Morgan fingerprint density at radius 2 is 1.90 bits per heavy atom. The number of halogens is 1. The van der Waals surface area contributed by atoms with Crippen molar-refractivity contribution in [3.63, 3.8) is 0 Å². The number of para-hydroxylation sites is 1. The summed E-state index contributed by atoms with van der Waals surface area (Å²) in [5.74, 6) is 1.10. The molecule has 0 unspecified atom stereocenters. The fourth-order valence-electron chi connectivity index (χ4n) is 1.91. The first-order chi connectivity index (χ1) is 9.63. The molecule has 0 aliphatic heterocycles. The number of hydrogen-bond donors (Lipinski definition) is 0. The van der Waals surface area contributed by atoms with E-state index in [1.54, 1.807) is 6.20 Å². The minimum Gasteiger partial charge on any atom is -0.436 e. The molecule has 5 heteroatoms. The van der Waals surface area contributed by atoms with Crippen molar-refractivity contribution in [1.82, 2.24) is 15.0 Å². The molecule has 0 radical (unpaired) electrons. The normalized spacial score (nSPS) is 10.8. The van der Waals surface area contributed by atoms with Gasteiger partial charge >= 0.3 is 0 Å². The molecule has 100 valence electrons. The Balaban J connectivity index is 2.10. The molecular formula is C15H12ClN3O. The quantitative estimate of drug-likeness (QED) is 0.666. The van der Waals surface area contributed by atoms with Crippen molar-refractivity contribution in [1.29, 1.82) is 0 Å². The molecule has 0 saturated carbocycles. The van der Waals surface area contributed by atoms with Crippen molar-refractivity contribution in [2.45, 2.75) is 13.8 Å². The van der Waals surface area contributed by atoms with Gasteiger partial charge in [0, 0.05) is 22.8 Å². The first-order valence-corrected chi connectivity index (χ1v) is 6.54. The van der Waals surface area contributed by atoms with Crippen LogP contribution >= 0.6 is 11.6 Å². The Morgan fingerprint density at radius 1 is 1.05 bits per heavy atom. The molecule has 2 heterocycles. The zero-order valence-corrected chi connectivity index (χ0v) is 11.8. The summed E-state index contributed by atoms with van der Waals surface area (Å²) in [6.07, 6.45) is 1.63. The van der Waals surface area contributed by atoms with Gasteiger partial charge in [-0.05, 0) is 37.6 Å². The third kappa shape index (κ3) is 2.42. The van der Waals surface area contributed by atoms with E-state index in [0.717, 1.165) is 22.2 Å². The zero-order chi connectivity index (χ0) is 14.1. The van der Waals surface area contributed by atoms with Crippen LogP contribution in [0.3, 0.4) is 0 Å². The maximum atomic E-state index is 5.86. The third-order valence-electron chi connectivity index (χ3n) is 2.92.